The van der Waals surface area contributed by atoms with Crippen LogP contribution in [0.5, 0.6) is 0 Å². The molecule has 0 amide bonds. The lowest BCUT2D eigenvalue weighted by molar-refractivity contribution is 0.0599. The molecule has 1 aromatic rings. The average Bonchev–Trinajstić information content (AvgIpc) is 2.15. The Morgan fingerprint density at radius 3 is 3.00 bits per heavy atom. The Bertz CT molecular complexity index is 435. The van der Waals surface area contributed by atoms with E-state index in [2.05, 4.69) is 4.74 Å². The van der Waals surface area contributed by atoms with E-state index in [9.17, 15) is 9.59 Å². The summed E-state index contributed by atoms with van der Waals surface area (Å²) in [4.78, 5) is 22.3. The summed E-state index contributed by atoms with van der Waals surface area (Å²) in [7, 11) is 1.17. The minimum atomic E-state index is -2.60. The average molecular weight is 170 g/mol. The third kappa shape index (κ3) is 1.53. The molecule has 64 valence electrons. The van der Waals surface area contributed by atoms with Gasteiger partial charge in [0.25, 0.3) is 0 Å². The maximum atomic E-state index is 11.2. The second-order valence-electron chi connectivity index (χ2n) is 2.12. The molecule has 0 atom stereocenters. The standard InChI is InChI=1S/C8H9NO3/c1-9-5-6(8(11)12-2)3-4-7(9)10/h3-5H,1-2H3/i1D3. The second-order valence-corrected chi connectivity index (χ2v) is 2.12. The highest BCUT2D eigenvalue weighted by atomic mass is 16.5. The van der Waals surface area contributed by atoms with Gasteiger partial charge in [-0.2, -0.15) is 0 Å². The molecule has 0 unspecified atom stereocenters. The maximum Gasteiger partial charge on any atom is 0.339 e. The van der Waals surface area contributed by atoms with Crippen molar-refractivity contribution < 1.29 is 13.6 Å². The molecule has 1 heterocycles. The van der Waals surface area contributed by atoms with Crippen molar-refractivity contribution in [3.8, 4) is 0 Å². The van der Waals surface area contributed by atoms with Crippen molar-refractivity contribution in [3.63, 3.8) is 0 Å². The number of esters is 1. The van der Waals surface area contributed by atoms with Crippen LogP contribution in [-0.4, -0.2) is 17.6 Å². The smallest absolute Gasteiger partial charge is 0.339 e. The first kappa shape index (κ1) is 5.13. The number of carbonyl (C=O) groups is 1. The minimum absolute atomic E-state index is 0.0215. The number of hydrogen-bond acceptors (Lipinski definition) is 3. The Kier molecular flexibility index (Phi) is 1.37. The first-order valence-electron chi connectivity index (χ1n) is 4.68. The van der Waals surface area contributed by atoms with Gasteiger partial charge in [0.15, 0.2) is 0 Å². The lowest BCUT2D eigenvalue weighted by atomic mass is 10.3. The molecular weight excluding hydrogens is 158 g/mol. The molecule has 1 rings (SSSR count). The highest BCUT2D eigenvalue weighted by molar-refractivity contribution is 5.88. The molecular formula is C8H9NO3. The highest BCUT2D eigenvalue weighted by Gasteiger charge is 2.04. The number of aromatic nitrogens is 1. The minimum Gasteiger partial charge on any atom is -0.465 e. The number of rotatable bonds is 1. The van der Waals surface area contributed by atoms with Gasteiger partial charge in [0.1, 0.15) is 0 Å². The van der Waals surface area contributed by atoms with E-state index in [1.165, 1.54) is 13.2 Å². The third-order valence-corrected chi connectivity index (χ3v) is 1.33. The number of aryl methyl sites for hydroxylation is 1. The van der Waals surface area contributed by atoms with E-state index in [0.29, 0.717) is 4.57 Å². The molecule has 0 spiro atoms. The van der Waals surface area contributed by atoms with Crippen LogP contribution < -0.4 is 5.56 Å². The molecule has 1 aromatic heterocycles. The summed E-state index contributed by atoms with van der Waals surface area (Å²) in [6, 6.07) is 2.23. The van der Waals surface area contributed by atoms with Crippen LogP contribution in [0.3, 0.4) is 0 Å². The van der Waals surface area contributed by atoms with Crippen LogP contribution in [0, 0.1) is 0 Å². The van der Waals surface area contributed by atoms with Gasteiger partial charge in [-0.15, -0.1) is 0 Å². The fourth-order valence-corrected chi connectivity index (χ4v) is 0.726. The molecule has 4 heteroatoms. The van der Waals surface area contributed by atoms with Crippen molar-refractivity contribution in [2.24, 2.45) is 6.98 Å². The van der Waals surface area contributed by atoms with Gasteiger partial charge in [-0.05, 0) is 6.07 Å². The van der Waals surface area contributed by atoms with Gasteiger partial charge in [0, 0.05) is 23.4 Å². The van der Waals surface area contributed by atoms with E-state index >= 15 is 0 Å². The summed E-state index contributed by atoms with van der Waals surface area (Å²) in [6.45, 7) is -2.60. The Hall–Kier alpha value is -1.58. The molecule has 0 aliphatic carbocycles. The fraction of sp³-hybridized carbons (Fsp3) is 0.250. The van der Waals surface area contributed by atoms with Crippen molar-refractivity contribution in [2.45, 2.75) is 0 Å². The molecule has 0 saturated heterocycles. The predicted octanol–water partition coefficient (Wildman–Crippen LogP) is 0.172. The van der Waals surface area contributed by atoms with E-state index in [0.717, 1.165) is 12.3 Å². The number of ether oxygens (including phenoxy) is 1. The number of nitrogens with zero attached hydrogens (tertiary/aromatic N) is 1. The number of hydrogen-bond donors (Lipinski definition) is 0. The summed E-state index contributed by atoms with van der Waals surface area (Å²) >= 11 is 0. The quantitative estimate of drug-likeness (QED) is 0.564. The lowest BCUT2D eigenvalue weighted by Crippen LogP contribution is -2.16. The molecule has 0 aliphatic heterocycles. The van der Waals surface area contributed by atoms with Gasteiger partial charge >= 0.3 is 5.97 Å². The van der Waals surface area contributed by atoms with Crippen molar-refractivity contribution >= 4 is 5.97 Å². The Morgan fingerprint density at radius 1 is 1.67 bits per heavy atom. The van der Waals surface area contributed by atoms with Crippen LogP contribution in [-0.2, 0) is 11.7 Å². The molecule has 4 nitrogen and oxygen atoms in total. The van der Waals surface area contributed by atoms with Crippen molar-refractivity contribution in [1.29, 1.82) is 0 Å². The van der Waals surface area contributed by atoms with Crippen LogP contribution in [0.25, 0.3) is 0 Å². The normalized spacial score (nSPS) is 14.2. The largest absolute Gasteiger partial charge is 0.465 e. The summed E-state index contributed by atoms with van der Waals surface area (Å²) in [5, 5.41) is 0. The van der Waals surface area contributed by atoms with Gasteiger partial charge in [0.2, 0.25) is 5.56 Å². The van der Waals surface area contributed by atoms with E-state index in [4.69, 9.17) is 4.11 Å². The van der Waals surface area contributed by atoms with Crippen LogP contribution in [0.15, 0.2) is 23.1 Å². The molecule has 0 saturated carbocycles. The molecule has 0 N–H and O–H groups in total. The Balaban J connectivity index is 3.29. The van der Waals surface area contributed by atoms with Crippen molar-refractivity contribution in [2.75, 3.05) is 7.11 Å². The van der Waals surface area contributed by atoms with Crippen molar-refractivity contribution in [3.05, 3.63) is 34.2 Å². The first-order valence-corrected chi connectivity index (χ1v) is 3.18. The number of carbonyl (C=O) groups excluding carboxylic acids is 1. The zero-order chi connectivity index (χ0) is 11.6. The zero-order valence-electron chi connectivity index (χ0n) is 9.40. The Morgan fingerprint density at radius 2 is 2.42 bits per heavy atom. The van der Waals surface area contributed by atoms with E-state index in [1.54, 1.807) is 0 Å². The molecule has 0 bridgehead atoms. The van der Waals surface area contributed by atoms with Gasteiger partial charge in [-0.25, -0.2) is 4.79 Å². The lowest BCUT2D eigenvalue weighted by Gasteiger charge is -2.00. The van der Waals surface area contributed by atoms with Crippen LogP contribution in [0.1, 0.15) is 14.5 Å². The second kappa shape index (κ2) is 3.21. The summed E-state index contributed by atoms with van der Waals surface area (Å²) in [6.07, 6.45) is 0.959. The zero-order valence-corrected chi connectivity index (χ0v) is 6.40. The number of methoxy groups -OCH3 is 1. The molecule has 0 aliphatic rings. The van der Waals surface area contributed by atoms with Crippen LogP contribution >= 0.6 is 0 Å². The predicted molar refractivity (Wildman–Crippen MR) is 43.0 cm³/mol. The molecule has 0 fully saturated rings. The molecule has 0 aromatic carbocycles. The van der Waals surface area contributed by atoms with Gasteiger partial charge in [0.05, 0.1) is 12.7 Å². The van der Waals surface area contributed by atoms with E-state index in [1.807, 2.05) is 0 Å². The third-order valence-electron chi connectivity index (χ3n) is 1.33. The van der Waals surface area contributed by atoms with E-state index < -0.39 is 18.5 Å². The fourth-order valence-electron chi connectivity index (χ4n) is 0.726. The van der Waals surface area contributed by atoms with Gasteiger partial charge in [-0.1, -0.05) is 0 Å². The summed E-state index contributed by atoms with van der Waals surface area (Å²) < 4.78 is 26.1. The van der Waals surface area contributed by atoms with Crippen molar-refractivity contribution in [1.82, 2.24) is 4.57 Å². The van der Waals surface area contributed by atoms with Crippen LogP contribution in [0.2, 0.25) is 0 Å². The monoisotopic (exact) mass is 170 g/mol. The molecule has 12 heavy (non-hydrogen) atoms. The summed E-state index contributed by atoms with van der Waals surface area (Å²) in [5.74, 6) is -0.687. The molecule has 0 radical (unpaired) electrons. The topological polar surface area (TPSA) is 48.3 Å². The van der Waals surface area contributed by atoms with Gasteiger partial charge < -0.3 is 9.30 Å². The Labute approximate surface area is 73.6 Å². The van der Waals surface area contributed by atoms with Crippen LogP contribution in [0.4, 0.5) is 0 Å². The summed E-state index contributed by atoms with van der Waals surface area (Å²) in [5.41, 5.74) is -0.670. The highest BCUT2D eigenvalue weighted by Crippen LogP contribution is 1.96. The van der Waals surface area contributed by atoms with Gasteiger partial charge in [-0.3, -0.25) is 4.79 Å². The SMILES string of the molecule is [2H]C([2H])([2H])n1cc(C(=O)OC)ccc1=O. The first-order chi connectivity index (χ1) is 6.86. The number of pyridine rings is 1. The van der Waals surface area contributed by atoms with E-state index in [-0.39, 0.29) is 5.56 Å². The maximum absolute atomic E-state index is 11.2.